The maximum Gasteiger partial charge on any atom is 0.416 e. The van der Waals surface area contributed by atoms with Crippen LogP contribution in [0.3, 0.4) is 0 Å². The predicted molar refractivity (Wildman–Crippen MR) is 60.3 cm³/mol. The van der Waals surface area contributed by atoms with Crippen LogP contribution < -0.4 is 4.74 Å². The first kappa shape index (κ1) is 13.2. The van der Waals surface area contributed by atoms with Crippen LogP contribution in [0.25, 0.3) is 0 Å². The fraction of sp³-hybridized carbons (Fsp3) is 0.538. The van der Waals surface area contributed by atoms with E-state index in [1.54, 1.807) is 0 Å². The first-order chi connectivity index (χ1) is 8.47. The van der Waals surface area contributed by atoms with Crippen molar-refractivity contribution in [2.45, 2.75) is 44.1 Å². The molecule has 0 saturated heterocycles. The lowest BCUT2D eigenvalue weighted by molar-refractivity contribution is -0.137. The number of aliphatic hydroxyl groups is 1. The van der Waals surface area contributed by atoms with Crippen LogP contribution in [-0.4, -0.2) is 17.3 Å². The third-order valence-electron chi connectivity index (χ3n) is 3.14. The molecule has 0 spiro atoms. The molecule has 1 N–H and O–H groups in total. The summed E-state index contributed by atoms with van der Waals surface area (Å²) in [4.78, 5) is 0. The van der Waals surface area contributed by atoms with Gasteiger partial charge in [0, 0.05) is 0 Å². The summed E-state index contributed by atoms with van der Waals surface area (Å²) in [5.41, 5.74) is -0.695. The van der Waals surface area contributed by atoms with E-state index in [1.165, 1.54) is 12.1 Å². The minimum absolute atomic E-state index is 0.310. The van der Waals surface area contributed by atoms with Crippen molar-refractivity contribution in [1.82, 2.24) is 0 Å². The SMILES string of the molecule is OC1CCCCC1Oc1ccc(C(F)(F)F)cc1. The fourth-order valence-corrected chi connectivity index (χ4v) is 2.11. The van der Waals surface area contributed by atoms with Crippen LogP contribution in [0.4, 0.5) is 13.2 Å². The summed E-state index contributed by atoms with van der Waals surface area (Å²) in [6.45, 7) is 0. The van der Waals surface area contributed by atoms with Crippen molar-refractivity contribution in [1.29, 1.82) is 0 Å². The Morgan fingerprint density at radius 3 is 2.22 bits per heavy atom. The average molecular weight is 260 g/mol. The first-order valence-electron chi connectivity index (χ1n) is 5.99. The highest BCUT2D eigenvalue weighted by Crippen LogP contribution is 2.31. The van der Waals surface area contributed by atoms with Gasteiger partial charge < -0.3 is 9.84 Å². The lowest BCUT2D eigenvalue weighted by Crippen LogP contribution is -2.34. The third-order valence-corrected chi connectivity index (χ3v) is 3.14. The Hall–Kier alpha value is -1.23. The molecule has 0 bridgehead atoms. The van der Waals surface area contributed by atoms with Crippen LogP contribution in [0.2, 0.25) is 0 Å². The van der Waals surface area contributed by atoms with Gasteiger partial charge in [-0.15, -0.1) is 0 Å². The van der Waals surface area contributed by atoms with Gasteiger partial charge in [0.25, 0.3) is 0 Å². The summed E-state index contributed by atoms with van der Waals surface area (Å²) in [6.07, 6.45) is -1.80. The molecule has 5 heteroatoms. The molecule has 1 aliphatic carbocycles. The first-order valence-corrected chi connectivity index (χ1v) is 5.99. The minimum atomic E-state index is -4.33. The van der Waals surface area contributed by atoms with Crippen LogP contribution in [0.15, 0.2) is 24.3 Å². The summed E-state index contributed by atoms with van der Waals surface area (Å²) in [5.74, 6) is 0.369. The van der Waals surface area contributed by atoms with E-state index < -0.39 is 17.8 Å². The minimum Gasteiger partial charge on any atom is -0.488 e. The molecule has 18 heavy (non-hydrogen) atoms. The molecule has 0 heterocycles. The number of alkyl halides is 3. The smallest absolute Gasteiger partial charge is 0.416 e. The summed E-state index contributed by atoms with van der Waals surface area (Å²) in [7, 11) is 0. The van der Waals surface area contributed by atoms with Crippen molar-refractivity contribution in [3.05, 3.63) is 29.8 Å². The van der Waals surface area contributed by atoms with Crippen molar-refractivity contribution < 1.29 is 23.0 Å². The molecule has 0 amide bonds. The van der Waals surface area contributed by atoms with E-state index in [4.69, 9.17) is 4.74 Å². The molecule has 0 radical (unpaired) electrons. The summed E-state index contributed by atoms with van der Waals surface area (Å²) in [5, 5.41) is 9.71. The maximum atomic E-state index is 12.4. The van der Waals surface area contributed by atoms with Gasteiger partial charge in [-0.05, 0) is 43.5 Å². The molecular formula is C13H15F3O2. The fourth-order valence-electron chi connectivity index (χ4n) is 2.11. The quantitative estimate of drug-likeness (QED) is 0.883. The molecule has 2 nitrogen and oxygen atoms in total. The van der Waals surface area contributed by atoms with Gasteiger partial charge in [0.1, 0.15) is 11.9 Å². The molecule has 1 saturated carbocycles. The lowest BCUT2D eigenvalue weighted by atomic mass is 9.95. The van der Waals surface area contributed by atoms with Crippen LogP contribution in [0.5, 0.6) is 5.75 Å². The van der Waals surface area contributed by atoms with Crippen LogP contribution in [-0.2, 0) is 6.18 Å². The van der Waals surface area contributed by atoms with Crippen molar-refractivity contribution >= 4 is 0 Å². The van der Waals surface area contributed by atoms with Gasteiger partial charge in [-0.3, -0.25) is 0 Å². The van der Waals surface area contributed by atoms with Gasteiger partial charge in [-0.2, -0.15) is 13.2 Å². The molecule has 1 aromatic rings. The standard InChI is InChI=1S/C13H15F3O2/c14-13(15,16)9-5-7-10(8-6-9)18-12-4-2-1-3-11(12)17/h5-8,11-12,17H,1-4H2. The second-order valence-corrected chi connectivity index (χ2v) is 4.53. The van der Waals surface area contributed by atoms with Gasteiger partial charge in [-0.25, -0.2) is 0 Å². The van der Waals surface area contributed by atoms with E-state index in [0.717, 1.165) is 31.4 Å². The zero-order valence-electron chi connectivity index (χ0n) is 9.78. The van der Waals surface area contributed by atoms with Crippen molar-refractivity contribution in [3.63, 3.8) is 0 Å². The molecule has 2 rings (SSSR count). The van der Waals surface area contributed by atoms with E-state index in [-0.39, 0.29) is 6.10 Å². The van der Waals surface area contributed by atoms with Crippen LogP contribution in [0, 0.1) is 0 Å². The van der Waals surface area contributed by atoms with Crippen LogP contribution in [0.1, 0.15) is 31.2 Å². The summed E-state index contributed by atoms with van der Waals surface area (Å²) < 4.78 is 42.6. The zero-order valence-corrected chi connectivity index (χ0v) is 9.78. The number of benzene rings is 1. The Bertz CT molecular complexity index is 386. The number of ether oxygens (including phenoxy) is 1. The molecule has 0 aromatic heterocycles. The number of hydrogen-bond acceptors (Lipinski definition) is 2. The van der Waals surface area contributed by atoms with Crippen molar-refractivity contribution in [2.24, 2.45) is 0 Å². The maximum absolute atomic E-state index is 12.4. The predicted octanol–water partition coefficient (Wildman–Crippen LogP) is 3.39. The monoisotopic (exact) mass is 260 g/mol. The summed E-state index contributed by atoms with van der Waals surface area (Å²) >= 11 is 0. The van der Waals surface area contributed by atoms with E-state index >= 15 is 0 Å². The largest absolute Gasteiger partial charge is 0.488 e. The number of rotatable bonds is 2. The number of hydrogen-bond donors (Lipinski definition) is 1. The molecule has 1 fully saturated rings. The van der Waals surface area contributed by atoms with E-state index in [2.05, 4.69) is 0 Å². The van der Waals surface area contributed by atoms with Gasteiger partial charge >= 0.3 is 6.18 Å². The van der Waals surface area contributed by atoms with Gasteiger partial charge in [0.2, 0.25) is 0 Å². The topological polar surface area (TPSA) is 29.5 Å². The Labute approximate surface area is 103 Å². The van der Waals surface area contributed by atoms with Gasteiger partial charge in [0.05, 0.1) is 11.7 Å². The lowest BCUT2D eigenvalue weighted by Gasteiger charge is -2.28. The van der Waals surface area contributed by atoms with Crippen LogP contribution >= 0.6 is 0 Å². The Morgan fingerprint density at radius 2 is 1.67 bits per heavy atom. The highest BCUT2D eigenvalue weighted by molar-refractivity contribution is 5.29. The Morgan fingerprint density at radius 1 is 1.06 bits per heavy atom. The highest BCUT2D eigenvalue weighted by Gasteiger charge is 2.30. The Kier molecular flexibility index (Phi) is 3.80. The Balaban J connectivity index is 2.02. The molecule has 1 aromatic carbocycles. The van der Waals surface area contributed by atoms with Crippen molar-refractivity contribution in [3.8, 4) is 5.75 Å². The van der Waals surface area contributed by atoms with Gasteiger partial charge in [0.15, 0.2) is 0 Å². The second kappa shape index (κ2) is 5.18. The summed E-state index contributed by atoms with van der Waals surface area (Å²) in [6, 6.07) is 4.57. The third kappa shape index (κ3) is 3.16. The average Bonchev–Trinajstić information content (AvgIpc) is 2.32. The van der Waals surface area contributed by atoms with Crippen molar-refractivity contribution in [2.75, 3.05) is 0 Å². The molecule has 1 aliphatic rings. The molecule has 0 aliphatic heterocycles. The normalized spacial score (nSPS) is 24.9. The van der Waals surface area contributed by atoms with Gasteiger partial charge in [-0.1, -0.05) is 6.42 Å². The van der Waals surface area contributed by atoms with E-state index in [9.17, 15) is 18.3 Å². The second-order valence-electron chi connectivity index (χ2n) is 4.53. The molecule has 2 atom stereocenters. The molecule has 2 unspecified atom stereocenters. The van der Waals surface area contributed by atoms with E-state index in [1.807, 2.05) is 0 Å². The number of aliphatic hydroxyl groups excluding tert-OH is 1. The molecule has 100 valence electrons. The molecular weight excluding hydrogens is 245 g/mol. The van der Waals surface area contributed by atoms with E-state index in [0.29, 0.717) is 12.2 Å². The zero-order chi connectivity index (χ0) is 13.2. The highest BCUT2D eigenvalue weighted by atomic mass is 19.4. The number of halogens is 3.